The summed E-state index contributed by atoms with van der Waals surface area (Å²) in [6.07, 6.45) is 0.255. The SMILES string of the molecule is Cc1cc(OCCC(=O)N2CCN(C(=O)c3ccccc3C(=O)O)CC2)ccc1Br. The molecule has 0 atom stereocenters. The number of benzene rings is 2. The van der Waals surface area contributed by atoms with Crippen LogP contribution in [0.15, 0.2) is 46.9 Å². The van der Waals surface area contributed by atoms with E-state index in [1.165, 1.54) is 12.1 Å². The van der Waals surface area contributed by atoms with Crippen molar-refractivity contribution in [2.45, 2.75) is 13.3 Å². The summed E-state index contributed by atoms with van der Waals surface area (Å²) in [6, 6.07) is 11.8. The lowest BCUT2D eigenvalue weighted by Crippen LogP contribution is -2.51. The summed E-state index contributed by atoms with van der Waals surface area (Å²) in [5.41, 5.74) is 1.22. The third-order valence-electron chi connectivity index (χ3n) is 5.02. The van der Waals surface area contributed by atoms with Crippen molar-refractivity contribution >= 4 is 33.7 Å². The normalized spacial score (nSPS) is 13.8. The number of aryl methyl sites for hydroxylation is 1. The zero-order valence-electron chi connectivity index (χ0n) is 16.6. The van der Waals surface area contributed by atoms with E-state index in [2.05, 4.69) is 15.9 Å². The largest absolute Gasteiger partial charge is 0.493 e. The lowest BCUT2D eigenvalue weighted by Gasteiger charge is -2.35. The lowest BCUT2D eigenvalue weighted by molar-refractivity contribution is -0.133. The van der Waals surface area contributed by atoms with Crippen LogP contribution in [0.2, 0.25) is 0 Å². The van der Waals surface area contributed by atoms with E-state index in [0.717, 1.165) is 15.8 Å². The van der Waals surface area contributed by atoms with Gasteiger partial charge in [0.1, 0.15) is 5.75 Å². The minimum absolute atomic E-state index is 0.0127. The Bertz CT molecular complexity index is 954. The van der Waals surface area contributed by atoms with Gasteiger partial charge in [-0.25, -0.2) is 4.79 Å². The Hall–Kier alpha value is -2.87. The molecule has 158 valence electrons. The van der Waals surface area contributed by atoms with E-state index in [1.807, 2.05) is 25.1 Å². The first-order chi connectivity index (χ1) is 14.4. The van der Waals surface area contributed by atoms with E-state index in [0.29, 0.717) is 26.2 Å². The molecule has 8 heteroatoms. The topological polar surface area (TPSA) is 87.2 Å². The Labute approximate surface area is 183 Å². The van der Waals surface area contributed by atoms with E-state index >= 15 is 0 Å². The van der Waals surface area contributed by atoms with Crippen molar-refractivity contribution in [2.75, 3.05) is 32.8 Å². The van der Waals surface area contributed by atoms with E-state index in [1.54, 1.807) is 21.9 Å². The molecule has 2 aromatic carbocycles. The minimum Gasteiger partial charge on any atom is -0.493 e. The maximum Gasteiger partial charge on any atom is 0.336 e. The second-order valence-corrected chi connectivity index (χ2v) is 7.89. The molecule has 0 aliphatic carbocycles. The average Bonchev–Trinajstić information content (AvgIpc) is 2.75. The molecule has 1 aliphatic rings. The summed E-state index contributed by atoms with van der Waals surface area (Å²) in [5.74, 6) is -0.763. The Kier molecular flexibility index (Phi) is 7.10. The van der Waals surface area contributed by atoms with Crippen LogP contribution in [0.4, 0.5) is 0 Å². The molecule has 30 heavy (non-hydrogen) atoms. The molecule has 1 heterocycles. The molecule has 1 fully saturated rings. The van der Waals surface area contributed by atoms with Crippen LogP contribution in [-0.4, -0.2) is 65.5 Å². The van der Waals surface area contributed by atoms with Gasteiger partial charge in [-0.15, -0.1) is 0 Å². The van der Waals surface area contributed by atoms with E-state index in [4.69, 9.17) is 4.74 Å². The molecule has 0 bridgehead atoms. The number of hydrogen-bond acceptors (Lipinski definition) is 4. The molecule has 0 unspecified atom stereocenters. The summed E-state index contributed by atoms with van der Waals surface area (Å²) in [4.78, 5) is 39.8. The first-order valence-corrected chi connectivity index (χ1v) is 10.4. The van der Waals surface area contributed by atoms with Gasteiger partial charge in [-0.05, 0) is 42.8 Å². The molecule has 3 rings (SSSR count). The molecule has 0 aromatic heterocycles. The van der Waals surface area contributed by atoms with Gasteiger partial charge >= 0.3 is 5.97 Å². The monoisotopic (exact) mass is 474 g/mol. The van der Waals surface area contributed by atoms with Crippen LogP contribution in [0.5, 0.6) is 5.75 Å². The van der Waals surface area contributed by atoms with Gasteiger partial charge in [0.15, 0.2) is 0 Å². The number of nitrogens with zero attached hydrogens (tertiary/aromatic N) is 2. The van der Waals surface area contributed by atoms with Crippen LogP contribution in [0.3, 0.4) is 0 Å². The van der Waals surface area contributed by atoms with Crippen molar-refractivity contribution in [2.24, 2.45) is 0 Å². The summed E-state index contributed by atoms with van der Waals surface area (Å²) >= 11 is 3.44. The molecule has 1 N–H and O–H groups in total. The Morgan fingerprint density at radius 2 is 1.63 bits per heavy atom. The predicted octanol–water partition coefficient (Wildman–Crippen LogP) is 3.21. The fourth-order valence-electron chi connectivity index (χ4n) is 3.31. The number of carbonyl (C=O) groups excluding carboxylic acids is 2. The van der Waals surface area contributed by atoms with E-state index in [9.17, 15) is 19.5 Å². The van der Waals surface area contributed by atoms with Gasteiger partial charge in [-0.3, -0.25) is 9.59 Å². The van der Waals surface area contributed by atoms with Crippen LogP contribution in [0, 0.1) is 6.92 Å². The summed E-state index contributed by atoms with van der Waals surface area (Å²) in [6.45, 7) is 3.81. The molecule has 1 aliphatic heterocycles. The number of piperazine rings is 1. The zero-order chi connectivity index (χ0) is 21.7. The molecular formula is C22H23BrN2O5. The van der Waals surface area contributed by atoms with E-state index in [-0.39, 0.29) is 36.0 Å². The van der Waals surface area contributed by atoms with Crippen LogP contribution in [0.1, 0.15) is 32.7 Å². The first kappa shape index (κ1) is 21.8. The molecule has 2 amide bonds. The van der Waals surface area contributed by atoms with Crippen molar-refractivity contribution in [1.29, 1.82) is 0 Å². The highest BCUT2D eigenvalue weighted by Crippen LogP contribution is 2.21. The van der Waals surface area contributed by atoms with Gasteiger partial charge < -0.3 is 19.6 Å². The van der Waals surface area contributed by atoms with Gasteiger partial charge in [0, 0.05) is 30.7 Å². The van der Waals surface area contributed by atoms with Crippen molar-refractivity contribution in [3.05, 3.63) is 63.6 Å². The molecule has 0 spiro atoms. The van der Waals surface area contributed by atoms with Crippen LogP contribution in [-0.2, 0) is 4.79 Å². The third kappa shape index (κ3) is 5.18. The van der Waals surface area contributed by atoms with Crippen molar-refractivity contribution in [1.82, 2.24) is 9.80 Å². The summed E-state index contributed by atoms with van der Waals surface area (Å²) < 4.78 is 6.67. The minimum atomic E-state index is -1.13. The quantitative estimate of drug-likeness (QED) is 0.694. The van der Waals surface area contributed by atoms with Crippen molar-refractivity contribution in [3.8, 4) is 5.75 Å². The predicted molar refractivity (Wildman–Crippen MR) is 115 cm³/mol. The highest BCUT2D eigenvalue weighted by atomic mass is 79.9. The molecular weight excluding hydrogens is 452 g/mol. The standard InChI is InChI=1S/C22H23BrN2O5/c1-15-14-16(6-7-19(15)23)30-13-8-20(26)24-9-11-25(12-10-24)21(27)17-4-2-3-5-18(17)22(28)29/h2-7,14H,8-13H2,1H3,(H,28,29). The Balaban J connectivity index is 1.49. The maximum atomic E-state index is 12.7. The highest BCUT2D eigenvalue weighted by molar-refractivity contribution is 9.10. The van der Waals surface area contributed by atoms with Crippen LogP contribution < -0.4 is 4.74 Å². The average molecular weight is 475 g/mol. The molecule has 0 saturated carbocycles. The second-order valence-electron chi connectivity index (χ2n) is 7.03. The number of aromatic carboxylic acids is 1. The fourth-order valence-corrected chi connectivity index (χ4v) is 3.55. The number of rotatable bonds is 6. The number of amides is 2. The van der Waals surface area contributed by atoms with Crippen molar-refractivity contribution in [3.63, 3.8) is 0 Å². The van der Waals surface area contributed by atoms with E-state index < -0.39 is 5.97 Å². The molecule has 7 nitrogen and oxygen atoms in total. The van der Waals surface area contributed by atoms with Crippen molar-refractivity contribution < 1.29 is 24.2 Å². The number of carboxylic acids is 1. The molecule has 2 aromatic rings. The third-order valence-corrected chi connectivity index (χ3v) is 5.91. The van der Waals surface area contributed by atoms with Gasteiger partial charge in [-0.1, -0.05) is 28.1 Å². The Morgan fingerprint density at radius 1 is 1.00 bits per heavy atom. The number of carbonyl (C=O) groups is 3. The number of carboxylic acid groups (broad SMARTS) is 1. The van der Waals surface area contributed by atoms with Gasteiger partial charge in [0.05, 0.1) is 24.2 Å². The smallest absolute Gasteiger partial charge is 0.336 e. The van der Waals surface area contributed by atoms with Gasteiger partial charge in [-0.2, -0.15) is 0 Å². The van der Waals surface area contributed by atoms with Gasteiger partial charge in [0.2, 0.25) is 5.91 Å². The number of ether oxygens (including phenoxy) is 1. The van der Waals surface area contributed by atoms with Crippen LogP contribution >= 0.6 is 15.9 Å². The number of hydrogen-bond donors (Lipinski definition) is 1. The Morgan fingerprint density at radius 3 is 2.27 bits per heavy atom. The summed E-state index contributed by atoms with van der Waals surface area (Å²) in [7, 11) is 0. The summed E-state index contributed by atoms with van der Waals surface area (Å²) in [5, 5.41) is 9.28. The second kappa shape index (κ2) is 9.75. The highest BCUT2D eigenvalue weighted by Gasteiger charge is 2.27. The molecule has 0 radical (unpaired) electrons. The maximum absolute atomic E-state index is 12.7. The number of halogens is 1. The van der Waals surface area contributed by atoms with Gasteiger partial charge in [0.25, 0.3) is 5.91 Å². The molecule has 1 saturated heterocycles. The zero-order valence-corrected chi connectivity index (χ0v) is 18.2. The fraction of sp³-hybridized carbons (Fsp3) is 0.318. The van der Waals surface area contributed by atoms with Crippen LogP contribution in [0.25, 0.3) is 0 Å². The lowest BCUT2D eigenvalue weighted by atomic mass is 10.1. The first-order valence-electron chi connectivity index (χ1n) is 9.65.